The lowest BCUT2D eigenvalue weighted by atomic mass is 10.3. The normalized spacial score (nSPS) is 14.3. The number of nitrogens with zero attached hydrogens (tertiary/aromatic N) is 1. The number of amides is 4. The summed E-state index contributed by atoms with van der Waals surface area (Å²) in [7, 11) is 0. The summed E-state index contributed by atoms with van der Waals surface area (Å²) in [5.74, 6) is -1.43. The highest BCUT2D eigenvalue weighted by atomic mass is 19.1. The first-order valence-corrected chi connectivity index (χ1v) is 5.34. The van der Waals surface area contributed by atoms with Gasteiger partial charge in [-0.1, -0.05) is 6.07 Å². The number of hydrogen-bond donors (Lipinski definition) is 2. The predicted octanol–water partition coefficient (Wildman–Crippen LogP) is -0.213. The zero-order valence-corrected chi connectivity index (χ0v) is 9.68. The molecule has 1 aliphatic rings. The molecule has 0 unspecified atom stereocenters. The molecule has 1 saturated heterocycles. The van der Waals surface area contributed by atoms with Crippen molar-refractivity contribution in [1.82, 2.24) is 15.8 Å². The molecular formula is C11H10FN3O4. The Morgan fingerprint density at radius 2 is 2.26 bits per heavy atom. The summed E-state index contributed by atoms with van der Waals surface area (Å²) >= 11 is 0. The van der Waals surface area contributed by atoms with Gasteiger partial charge in [0.05, 0.1) is 0 Å². The van der Waals surface area contributed by atoms with Crippen molar-refractivity contribution in [3.8, 4) is 5.75 Å². The van der Waals surface area contributed by atoms with Crippen LogP contribution in [0.1, 0.15) is 0 Å². The van der Waals surface area contributed by atoms with E-state index in [1.165, 1.54) is 18.2 Å². The van der Waals surface area contributed by atoms with E-state index in [-0.39, 0.29) is 12.3 Å². The van der Waals surface area contributed by atoms with Gasteiger partial charge in [0.1, 0.15) is 18.1 Å². The van der Waals surface area contributed by atoms with Gasteiger partial charge in [-0.3, -0.25) is 20.3 Å². The Morgan fingerprint density at radius 3 is 2.89 bits per heavy atom. The molecule has 0 radical (unpaired) electrons. The van der Waals surface area contributed by atoms with Crippen LogP contribution in [0.2, 0.25) is 0 Å². The molecule has 0 atom stereocenters. The van der Waals surface area contributed by atoms with Gasteiger partial charge in [-0.25, -0.2) is 14.2 Å². The Balaban J connectivity index is 1.82. The van der Waals surface area contributed by atoms with Crippen LogP contribution in [-0.2, 0) is 9.59 Å². The first-order valence-electron chi connectivity index (χ1n) is 5.34. The first-order chi connectivity index (χ1) is 9.04. The molecular weight excluding hydrogens is 257 g/mol. The van der Waals surface area contributed by atoms with Crippen molar-refractivity contribution in [2.75, 3.05) is 13.2 Å². The van der Waals surface area contributed by atoms with Gasteiger partial charge in [-0.05, 0) is 12.1 Å². The lowest BCUT2D eigenvalue weighted by Crippen LogP contribution is -2.46. The van der Waals surface area contributed by atoms with Crippen LogP contribution in [0.15, 0.2) is 24.3 Å². The van der Waals surface area contributed by atoms with E-state index in [0.717, 1.165) is 11.1 Å². The number of nitrogens with one attached hydrogen (secondary N) is 2. The number of benzene rings is 1. The molecule has 0 bridgehead atoms. The van der Waals surface area contributed by atoms with Gasteiger partial charge in [-0.15, -0.1) is 0 Å². The number of imide groups is 1. The Kier molecular flexibility index (Phi) is 3.60. The Hall–Kier alpha value is -2.64. The number of rotatable bonds is 4. The maximum atomic E-state index is 12.8. The minimum atomic E-state index is -0.705. The molecule has 7 nitrogen and oxygen atoms in total. The maximum Gasteiger partial charge on any atom is 0.343 e. The summed E-state index contributed by atoms with van der Waals surface area (Å²) in [6.45, 7) is -0.647. The molecule has 100 valence electrons. The molecule has 1 heterocycles. The molecule has 0 aromatic heterocycles. The van der Waals surface area contributed by atoms with E-state index in [1.54, 1.807) is 0 Å². The van der Waals surface area contributed by atoms with Crippen LogP contribution in [0, 0.1) is 5.82 Å². The summed E-state index contributed by atoms with van der Waals surface area (Å²) in [6, 6.07) is 4.59. The average Bonchev–Trinajstić information content (AvgIpc) is 2.65. The summed E-state index contributed by atoms with van der Waals surface area (Å²) in [5, 5.41) is 2.83. The summed E-state index contributed by atoms with van der Waals surface area (Å²) < 4.78 is 17.9. The molecule has 19 heavy (non-hydrogen) atoms. The van der Waals surface area contributed by atoms with Crippen molar-refractivity contribution in [3.63, 3.8) is 0 Å². The van der Waals surface area contributed by atoms with Crippen molar-refractivity contribution in [2.24, 2.45) is 0 Å². The molecule has 0 aliphatic carbocycles. The summed E-state index contributed by atoms with van der Waals surface area (Å²) in [4.78, 5) is 33.4. The molecule has 8 heteroatoms. The molecule has 4 amide bonds. The first kappa shape index (κ1) is 12.8. The monoisotopic (exact) mass is 267 g/mol. The quantitative estimate of drug-likeness (QED) is 0.739. The van der Waals surface area contributed by atoms with Gasteiger partial charge in [0.15, 0.2) is 6.61 Å². The van der Waals surface area contributed by atoms with Crippen molar-refractivity contribution in [3.05, 3.63) is 30.1 Å². The smallest absolute Gasteiger partial charge is 0.343 e. The second-order valence-corrected chi connectivity index (χ2v) is 3.72. The van der Waals surface area contributed by atoms with Crippen molar-refractivity contribution >= 4 is 17.8 Å². The fraction of sp³-hybridized carbons (Fsp3) is 0.182. The standard InChI is InChI=1S/C11H10FN3O4/c12-7-2-1-3-8(4-7)19-6-10(17)14-15-5-9(16)13-11(15)18/h1-4H,5-6H2,(H,14,17)(H,13,16,18). The third-order valence-electron chi connectivity index (χ3n) is 2.22. The van der Waals surface area contributed by atoms with Gasteiger partial charge in [0.2, 0.25) is 5.91 Å². The largest absolute Gasteiger partial charge is 0.484 e. The van der Waals surface area contributed by atoms with Crippen molar-refractivity contribution < 1.29 is 23.5 Å². The van der Waals surface area contributed by atoms with Gasteiger partial charge in [-0.2, -0.15) is 0 Å². The van der Waals surface area contributed by atoms with E-state index in [4.69, 9.17) is 4.74 Å². The minimum Gasteiger partial charge on any atom is -0.484 e. The fourth-order valence-corrected chi connectivity index (χ4v) is 1.42. The van der Waals surface area contributed by atoms with Crippen molar-refractivity contribution in [1.29, 1.82) is 0 Å². The molecule has 2 rings (SSSR count). The van der Waals surface area contributed by atoms with E-state index in [0.29, 0.717) is 0 Å². The van der Waals surface area contributed by atoms with Gasteiger partial charge < -0.3 is 4.74 Å². The molecule has 1 aromatic rings. The zero-order valence-electron chi connectivity index (χ0n) is 9.68. The summed E-state index contributed by atoms with van der Waals surface area (Å²) in [5.41, 5.74) is 2.19. The van der Waals surface area contributed by atoms with Crippen LogP contribution in [0.3, 0.4) is 0 Å². The summed E-state index contributed by atoms with van der Waals surface area (Å²) in [6.07, 6.45) is 0. The van der Waals surface area contributed by atoms with Gasteiger partial charge >= 0.3 is 6.03 Å². The number of carbonyl (C=O) groups is 3. The van der Waals surface area contributed by atoms with Crippen LogP contribution in [0.25, 0.3) is 0 Å². The molecule has 1 aliphatic heterocycles. The predicted molar refractivity (Wildman–Crippen MR) is 60.3 cm³/mol. The number of ether oxygens (including phenoxy) is 1. The second-order valence-electron chi connectivity index (χ2n) is 3.72. The van der Waals surface area contributed by atoms with Gasteiger partial charge in [0, 0.05) is 6.07 Å². The van der Waals surface area contributed by atoms with Crippen LogP contribution in [0.4, 0.5) is 9.18 Å². The lowest BCUT2D eigenvalue weighted by molar-refractivity contribution is -0.127. The zero-order chi connectivity index (χ0) is 13.8. The van der Waals surface area contributed by atoms with Crippen LogP contribution in [-0.4, -0.2) is 36.0 Å². The molecule has 0 saturated carbocycles. The molecule has 2 N–H and O–H groups in total. The number of urea groups is 1. The van der Waals surface area contributed by atoms with Crippen molar-refractivity contribution in [2.45, 2.75) is 0 Å². The Labute approximate surface area is 107 Å². The van der Waals surface area contributed by atoms with Crippen LogP contribution < -0.4 is 15.5 Å². The SMILES string of the molecule is O=C1CN(NC(=O)COc2cccc(F)c2)C(=O)N1. The van der Waals surface area contributed by atoms with Crippen LogP contribution in [0.5, 0.6) is 5.75 Å². The minimum absolute atomic E-state index is 0.192. The average molecular weight is 267 g/mol. The Morgan fingerprint density at radius 1 is 1.47 bits per heavy atom. The Bertz CT molecular complexity index is 534. The van der Waals surface area contributed by atoms with E-state index in [1.807, 2.05) is 5.32 Å². The topological polar surface area (TPSA) is 87.7 Å². The highest BCUT2D eigenvalue weighted by Crippen LogP contribution is 2.11. The number of halogens is 1. The van der Waals surface area contributed by atoms with E-state index >= 15 is 0 Å². The number of hydrazine groups is 1. The second kappa shape index (κ2) is 5.34. The maximum absolute atomic E-state index is 12.8. The van der Waals surface area contributed by atoms with E-state index in [2.05, 4.69) is 5.43 Å². The third kappa shape index (κ3) is 3.41. The highest BCUT2D eigenvalue weighted by Gasteiger charge is 2.28. The number of carbonyl (C=O) groups excluding carboxylic acids is 3. The van der Waals surface area contributed by atoms with E-state index < -0.39 is 30.3 Å². The van der Waals surface area contributed by atoms with E-state index in [9.17, 15) is 18.8 Å². The lowest BCUT2D eigenvalue weighted by Gasteiger charge is -2.14. The van der Waals surface area contributed by atoms with Crippen LogP contribution >= 0.6 is 0 Å². The highest BCUT2D eigenvalue weighted by molar-refractivity contribution is 6.02. The molecule has 0 spiro atoms. The third-order valence-corrected chi connectivity index (χ3v) is 2.22. The molecule has 1 fully saturated rings. The fourth-order valence-electron chi connectivity index (χ4n) is 1.42. The van der Waals surface area contributed by atoms with Gasteiger partial charge in [0.25, 0.3) is 5.91 Å². The molecule has 1 aromatic carbocycles. The number of hydrogen-bond acceptors (Lipinski definition) is 4.